The van der Waals surface area contributed by atoms with Crippen molar-refractivity contribution in [3.8, 4) is 0 Å². The highest BCUT2D eigenvalue weighted by atomic mass is 16.5. The lowest BCUT2D eigenvalue weighted by molar-refractivity contribution is -0.142. The molecule has 0 spiro atoms. The molecule has 0 aliphatic heterocycles. The predicted octanol–water partition coefficient (Wildman–Crippen LogP) is 4.40. The summed E-state index contributed by atoms with van der Waals surface area (Å²) >= 11 is 0. The van der Waals surface area contributed by atoms with E-state index in [2.05, 4.69) is 5.32 Å². The molecule has 0 aliphatic rings. The van der Waals surface area contributed by atoms with Crippen molar-refractivity contribution in [3.05, 3.63) is 66.2 Å². The molecule has 0 fully saturated rings. The number of ether oxygens (including phenoxy) is 1. The number of hydrogen-bond donors (Lipinski definition) is 1. The fourth-order valence-corrected chi connectivity index (χ4v) is 1.94. The van der Waals surface area contributed by atoms with Crippen LogP contribution in [0.15, 0.2) is 60.7 Å². The summed E-state index contributed by atoms with van der Waals surface area (Å²) in [5.41, 5.74) is 3.07. The molecule has 0 atom stereocenters. The highest BCUT2D eigenvalue weighted by molar-refractivity contribution is 5.75. The van der Waals surface area contributed by atoms with E-state index in [4.69, 9.17) is 4.74 Å². The topological polar surface area (TPSA) is 38.3 Å². The summed E-state index contributed by atoms with van der Waals surface area (Å²) in [5, 5.41) is 3.37. The number of anilines is 2. The molecule has 108 valence electrons. The van der Waals surface area contributed by atoms with Crippen LogP contribution in [0.5, 0.6) is 0 Å². The monoisotopic (exact) mass is 281 g/mol. The summed E-state index contributed by atoms with van der Waals surface area (Å²) in [5.74, 6) is -0.206. The molecule has 3 nitrogen and oxygen atoms in total. The van der Waals surface area contributed by atoms with Crippen LogP contribution in [0, 0.1) is 0 Å². The van der Waals surface area contributed by atoms with Crippen molar-refractivity contribution in [2.75, 3.05) is 11.9 Å². The number of para-hydroxylation sites is 2. The van der Waals surface area contributed by atoms with Crippen LogP contribution in [-0.2, 0) is 9.53 Å². The molecule has 0 radical (unpaired) electrons. The molecule has 0 amide bonds. The standard InChI is InChI=1S/C18H19NO2/c1-2-21-18(20)14-8-10-15-9-6-7-13-17(15)19-16-11-4-3-5-12-16/h3-13,19H,2,14H2,1H3. The molecule has 1 N–H and O–H groups in total. The third-order valence-corrected chi connectivity index (χ3v) is 2.90. The summed E-state index contributed by atoms with van der Waals surface area (Å²) < 4.78 is 4.90. The fourth-order valence-electron chi connectivity index (χ4n) is 1.94. The molecule has 0 saturated carbocycles. The lowest BCUT2D eigenvalue weighted by atomic mass is 10.1. The summed E-state index contributed by atoms with van der Waals surface area (Å²) in [6.07, 6.45) is 4.04. The zero-order chi connectivity index (χ0) is 14.9. The van der Waals surface area contributed by atoms with E-state index in [1.807, 2.05) is 66.7 Å². The van der Waals surface area contributed by atoms with E-state index in [0.29, 0.717) is 6.61 Å². The summed E-state index contributed by atoms with van der Waals surface area (Å²) in [4.78, 5) is 11.3. The van der Waals surface area contributed by atoms with Crippen molar-refractivity contribution in [1.82, 2.24) is 0 Å². The first kappa shape index (κ1) is 14.9. The molecule has 0 bridgehead atoms. The van der Waals surface area contributed by atoms with Crippen molar-refractivity contribution in [2.24, 2.45) is 0 Å². The van der Waals surface area contributed by atoms with Crippen LogP contribution >= 0.6 is 0 Å². The second-order valence-electron chi connectivity index (χ2n) is 4.49. The number of carbonyl (C=O) groups is 1. The van der Waals surface area contributed by atoms with E-state index in [0.717, 1.165) is 16.9 Å². The van der Waals surface area contributed by atoms with Gasteiger partial charge in [-0.3, -0.25) is 4.79 Å². The van der Waals surface area contributed by atoms with E-state index in [-0.39, 0.29) is 12.4 Å². The first-order chi connectivity index (χ1) is 10.3. The Morgan fingerprint density at radius 2 is 1.81 bits per heavy atom. The zero-order valence-electron chi connectivity index (χ0n) is 12.1. The number of esters is 1. The Morgan fingerprint density at radius 1 is 1.10 bits per heavy atom. The van der Waals surface area contributed by atoms with Crippen LogP contribution in [0.3, 0.4) is 0 Å². The first-order valence-electron chi connectivity index (χ1n) is 7.03. The number of benzene rings is 2. The molecular formula is C18H19NO2. The zero-order valence-corrected chi connectivity index (χ0v) is 12.1. The van der Waals surface area contributed by atoms with Gasteiger partial charge in [-0.15, -0.1) is 0 Å². The molecule has 0 unspecified atom stereocenters. The Labute approximate surface area is 125 Å². The summed E-state index contributed by atoms with van der Waals surface area (Å²) in [6.45, 7) is 2.22. The van der Waals surface area contributed by atoms with Crippen molar-refractivity contribution < 1.29 is 9.53 Å². The second kappa shape index (κ2) is 7.90. The molecule has 3 heteroatoms. The maximum Gasteiger partial charge on any atom is 0.309 e. The van der Waals surface area contributed by atoms with Gasteiger partial charge < -0.3 is 10.1 Å². The van der Waals surface area contributed by atoms with Crippen LogP contribution in [0.25, 0.3) is 6.08 Å². The molecule has 0 saturated heterocycles. The van der Waals surface area contributed by atoms with Crippen LogP contribution < -0.4 is 5.32 Å². The minimum Gasteiger partial charge on any atom is -0.466 e. The van der Waals surface area contributed by atoms with Gasteiger partial charge in [0.05, 0.1) is 13.0 Å². The largest absolute Gasteiger partial charge is 0.466 e. The van der Waals surface area contributed by atoms with E-state index >= 15 is 0 Å². The van der Waals surface area contributed by atoms with E-state index < -0.39 is 0 Å². The van der Waals surface area contributed by atoms with Gasteiger partial charge in [0, 0.05) is 11.4 Å². The van der Waals surface area contributed by atoms with Crippen LogP contribution in [-0.4, -0.2) is 12.6 Å². The normalized spacial score (nSPS) is 10.5. The van der Waals surface area contributed by atoms with Crippen LogP contribution in [0.2, 0.25) is 0 Å². The van der Waals surface area contributed by atoms with Gasteiger partial charge >= 0.3 is 5.97 Å². The van der Waals surface area contributed by atoms with Crippen molar-refractivity contribution in [1.29, 1.82) is 0 Å². The van der Waals surface area contributed by atoms with Gasteiger partial charge in [-0.05, 0) is 30.7 Å². The maximum absolute atomic E-state index is 11.3. The lowest BCUT2D eigenvalue weighted by Crippen LogP contribution is -2.01. The molecule has 0 heterocycles. The second-order valence-corrected chi connectivity index (χ2v) is 4.49. The number of carbonyl (C=O) groups excluding carboxylic acids is 1. The molecule has 2 aromatic carbocycles. The van der Waals surface area contributed by atoms with Crippen LogP contribution in [0.1, 0.15) is 18.9 Å². The van der Waals surface area contributed by atoms with Crippen LogP contribution in [0.4, 0.5) is 11.4 Å². The van der Waals surface area contributed by atoms with Crippen molar-refractivity contribution in [3.63, 3.8) is 0 Å². The van der Waals surface area contributed by atoms with Crippen molar-refractivity contribution in [2.45, 2.75) is 13.3 Å². The SMILES string of the molecule is CCOC(=O)CC=Cc1ccccc1Nc1ccccc1. The number of hydrogen-bond acceptors (Lipinski definition) is 3. The van der Waals surface area contributed by atoms with Gasteiger partial charge in [0.1, 0.15) is 0 Å². The molecule has 2 aromatic rings. The van der Waals surface area contributed by atoms with E-state index in [1.165, 1.54) is 0 Å². The highest BCUT2D eigenvalue weighted by Crippen LogP contribution is 2.21. The Morgan fingerprint density at radius 3 is 2.57 bits per heavy atom. The van der Waals surface area contributed by atoms with E-state index in [1.54, 1.807) is 6.92 Å². The Balaban J connectivity index is 2.06. The molecule has 21 heavy (non-hydrogen) atoms. The molecule has 2 rings (SSSR count). The van der Waals surface area contributed by atoms with Gasteiger partial charge in [-0.25, -0.2) is 0 Å². The number of nitrogens with one attached hydrogen (secondary N) is 1. The Bertz CT molecular complexity index is 606. The first-order valence-corrected chi connectivity index (χ1v) is 7.03. The average molecular weight is 281 g/mol. The predicted molar refractivity (Wildman–Crippen MR) is 86.5 cm³/mol. The smallest absolute Gasteiger partial charge is 0.309 e. The number of rotatable bonds is 6. The Hall–Kier alpha value is -2.55. The molecule has 0 aromatic heterocycles. The maximum atomic E-state index is 11.3. The summed E-state index contributed by atoms with van der Waals surface area (Å²) in [6, 6.07) is 18.0. The Kier molecular flexibility index (Phi) is 5.59. The quantitative estimate of drug-likeness (QED) is 0.798. The third-order valence-electron chi connectivity index (χ3n) is 2.90. The van der Waals surface area contributed by atoms with Gasteiger partial charge in [0.25, 0.3) is 0 Å². The highest BCUT2D eigenvalue weighted by Gasteiger charge is 2.00. The summed E-state index contributed by atoms with van der Waals surface area (Å²) in [7, 11) is 0. The van der Waals surface area contributed by atoms with Gasteiger partial charge in [0.2, 0.25) is 0 Å². The fraction of sp³-hybridized carbons (Fsp3) is 0.167. The lowest BCUT2D eigenvalue weighted by Gasteiger charge is -2.09. The van der Waals surface area contributed by atoms with Crippen molar-refractivity contribution >= 4 is 23.4 Å². The molecular weight excluding hydrogens is 262 g/mol. The van der Waals surface area contributed by atoms with Gasteiger partial charge in [0.15, 0.2) is 0 Å². The minimum atomic E-state index is -0.206. The minimum absolute atomic E-state index is 0.206. The average Bonchev–Trinajstić information content (AvgIpc) is 2.50. The third kappa shape index (κ3) is 4.80. The van der Waals surface area contributed by atoms with Gasteiger partial charge in [-0.1, -0.05) is 48.6 Å². The van der Waals surface area contributed by atoms with E-state index in [9.17, 15) is 4.79 Å². The van der Waals surface area contributed by atoms with Gasteiger partial charge in [-0.2, -0.15) is 0 Å². The molecule has 0 aliphatic carbocycles.